The van der Waals surface area contributed by atoms with E-state index in [9.17, 15) is 5.11 Å². The molecule has 0 fully saturated rings. The summed E-state index contributed by atoms with van der Waals surface area (Å²) in [6.07, 6.45) is -0.643. The van der Waals surface area contributed by atoms with E-state index in [1.165, 1.54) is 0 Å². The molecule has 0 heterocycles. The lowest BCUT2D eigenvalue weighted by molar-refractivity contribution is 0.182. The second-order valence-corrected chi connectivity index (χ2v) is 3.00. The van der Waals surface area contributed by atoms with Crippen molar-refractivity contribution in [1.29, 1.82) is 0 Å². The zero-order chi connectivity index (χ0) is 9.84. The molecule has 72 valence electrons. The van der Waals surface area contributed by atoms with Gasteiger partial charge in [-0.1, -0.05) is 12.1 Å². The fourth-order valence-corrected chi connectivity index (χ4v) is 1.22. The van der Waals surface area contributed by atoms with Gasteiger partial charge in [-0.05, 0) is 18.6 Å². The number of hydrogen-bond donors (Lipinski definition) is 2. The highest BCUT2D eigenvalue weighted by atomic mass is 16.5. The van der Waals surface area contributed by atoms with Gasteiger partial charge in [0.1, 0.15) is 5.75 Å². The topological polar surface area (TPSA) is 55.5 Å². The monoisotopic (exact) mass is 181 g/mol. The van der Waals surface area contributed by atoms with Gasteiger partial charge in [0.2, 0.25) is 0 Å². The molecule has 0 aromatic heterocycles. The molecule has 0 aliphatic heterocycles. The third kappa shape index (κ3) is 2.20. The Balaban J connectivity index is 3.05. The number of aryl methyl sites for hydroxylation is 1. The SMILES string of the molecule is COc1cc(C)ccc1C(O)CN. The van der Waals surface area contributed by atoms with Crippen LogP contribution in [0.25, 0.3) is 0 Å². The summed E-state index contributed by atoms with van der Waals surface area (Å²) in [6, 6.07) is 5.65. The third-order valence-corrected chi connectivity index (χ3v) is 1.97. The molecule has 1 unspecified atom stereocenters. The molecule has 3 heteroatoms. The van der Waals surface area contributed by atoms with Crippen molar-refractivity contribution in [3.8, 4) is 5.75 Å². The van der Waals surface area contributed by atoms with Crippen molar-refractivity contribution in [3.05, 3.63) is 29.3 Å². The largest absolute Gasteiger partial charge is 0.496 e. The van der Waals surface area contributed by atoms with Crippen LogP contribution in [0.4, 0.5) is 0 Å². The van der Waals surface area contributed by atoms with Gasteiger partial charge in [0.05, 0.1) is 13.2 Å². The lowest BCUT2D eigenvalue weighted by atomic mass is 10.1. The Morgan fingerprint density at radius 3 is 2.77 bits per heavy atom. The zero-order valence-electron chi connectivity index (χ0n) is 7.95. The molecule has 1 rings (SSSR count). The maximum absolute atomic E-state index is 9.53. The molecule has 1 atom stereocenters. The maximum Gasteiger partial charge on any atom is 0.124 e. The molecule has 0 aliphatic rings. The first kappa shape index (κ1) is 10.0. The molecule has 3 N–H and O–H groups in total. The van der Waals surface area contributed by atoms with E-state index in [-0.39, 0.29) is 6.54 Å². The third-order valence-electron chi connectivity index (χ3n) is 1.97. The average molecular weight is 181 g/mol. The van der Waals surface area contributed by atoms with E-state index in [1.54, 1.807) is 7.11 Å². The molecule has 0 bridgehead atoms. The van der Waals surface area contributed by atoms with E-state index >= 15 is 0 Å². The van der Waals surface area contributed by atoms with E-state index in [1.807, 2.05) is 25.1 Å². The Kier molecular flexibility index (Phi) is 3.28. The van der Waals surface area contributed by atoms with Gasteiger partial charge < -0.3 is 15.6 Å². The molecule has 3 nitrogen and oxygen atoms in total. The van der Waals surface area contributed by atoms with E-state index in [4.69, 9.17) is 10.5 Å². The molecule has 0 saturated carbocycles. The van der Waals surface area contributed by atoms with Crippen LogP contribution in [0.3, 0.4) is 0 Å². The van der Waals surface area contributed by atoms with Crippen LogP contribution in [0, 0.1) is 6.92 Å². The highest BCUT2D eigenvalue weighted by molar-refractivity contribution is 5.38. The van der Waals surface area contributed by atoms with Crippen LogP contribution >= 0.6 is 0 Å². The highest BCUT2D eigenvalue weighted by Gasteiger charge is 2.10. The standard InChI is InChI=1S/C10H15NO2/c1-7-3-4-8(9(12)6-11)10(5-7)13-2/h3-5,9,12H,6,11H2,1-2H3. The Bertz CT molecular complexity index is 286. The van der Waals surface area contributed by atoms with Gasteiger partial charge in [-0.15, -0.1) is 0 Å². The van der Waals surface area contributed by atoms with Crippen molar-refractivity contribution in [2.45, 2.75) is 13.0 Å². The van der Waals surface area contributed by atoms with Gasteiger partial charge >= 0.3 is 0 Å². The lowest BCUT2D eigenvalue weighted by Gasteiger charge is -2.13. The van der Waals surface area contributed by atoms with Crippen LogP contribution in [-0.2, 0) is 0 Å². The van der Waals surface area contributed by atoms with Crippen molar-refractivity contribution >= 4 is 0 Å². The number of aliphatic hydroxyl groups excluding tert-OH is 1. The van der Waals surface area contributed by atoms with Crippen LogP contribution in [0.1, 0.15) is 17.2 Å². The predicted molar refractivity (Wildman–Crippen MR) is 51.7 cm³/mol. The van der Waals surface area contributed by atoms with Gasteiger partial charge in [0.25, 0.3) is 0 Å². The molecule has 0 amide bonds. The number of ether oxygens (including phenoxy) is 1. The van der Waals surface area contributed by atoms with Crippen molar-refractivity contribution in [2.75, 3.05) is 13.7 Å². The number of benzene rings is 1. The van der Waals surface area contributed by atoms with Crippen LogP contribution in [0.5, 0.6) is 5.75 Å². The Labute approximate surface area is 78.1 Å². The smallest absolute Gasteiger partial charge is 0.124 e. The van der Waals surface area contributed by atoms with Gasteiger partial charge in [0, 0.05) is 12.1 Å². The second-order valence-electron chi connectivity index (χ2n) is 3.00. The maximum atomic E-state index is 9.53. The van der Waals surface area contributed by atoms with Crippen molar-refractivity contribution in [3.63, 3.8) is 0 Å². The van der Waals surface area contributed by atoms with Crippen molar-refractivity contribution < 1.29 is 9.84 Å². The van der Waals surface area contributed by atoms with Gasteiger partial charge in [-0.25, -0.2) is 0 Å². The normalized spacial score (nSPS) is 12.6. The fraction of sp³-hybridized carbons (Fsp3) is 0.400. The zero-order valence-corrected chi connectivity index (χ0v) is 7.95. The summed E-state index contributed by atoms with van der Waals surface area (Å²) in [4.78, 5) is 0. The first-order valence-corrected chi connectivity index (χ1v) is 4.21. The predicted octanol–water partition coefficient (Wildman–Crippen LogP) is 0.996. The number of rotatable bonds is 3. The summed E-state index contributed by atoms with van der Waals surface area (Å²) in [5.41, 5.74) is 7.21. The van der Waals surface area contributed by atoms with Crippen LogP contribution in [0.15, 0.2) is 18.2 Å². The number of methoxy groups -OCH3 is 1. The quantitative estimate of drug-likeness (QED) is 0.731. The second kappa shape index (κ2) is 4.25. The van der Waals surface area contributed by atoms with Crippen molar-refractivity contribution in [1.82, 2.24) is 0 Å². The Morgan fingerprint density at radius 2 is 2.23 bits per heavy atom. The molecule has 1 aromatic rings. The molecule has 0 saturated heterocycles. The number of aliphatic hydroxyl groups is 1. The molecular formula is C10H15NO2. The molecule has 0 radical (unpaired) electrons. The summed E-state index contributed by atoms with van der Waals surface area (Å²) in [5.74, 6) is 0.693. The molecular weight excluding hydrogens is 166 g/mol. The van der Waals surface area contributed by atoms with Crippen LogP contribution < -0.4 is 10.5 Å². The van der Waals surface area contributed by atoms with E-state index in [2.05, 4.69) is 0 Å². The summed E-state index contributed by atoms with van der Waals surface area (Å²) >= 11 is 0. The minimum Gasteiger partial charge on any atom is -0.496 e. The number of nitrogens with two attached hydrogens (primary N) is 1. The summed E-state index contributed by atoms with van der Waals surface area (Å²) in [7, 11) is 1.58. The summed E-state index contributed by atoms with van der Waals surface area (Å²) < 4.78 is 5.13. The minimum atomic E-state index is -0.643. The number of hydrogen-bond acceptors (Lipinski definition) is 3. The molecule has 0 spiro atoms. The van der Waals surface area contributed by atoms with E-state index in [0.717, 1.165) is 11.1 Å². The summed E-state index contributed by atoms with van der Waals surface area (Å²) in [5, 5.41) is 9.53. The first-order valence-electron chi connectivity index (χ1n) is 4.21. The van der Waals surface area contributed by atoms with Crippen molar-refractivity contribution in [2.24, 2.45) is 5.73 Å². The highest BCUT2D eigenvalue weighted by Crippen LogP contribution is 2.25. The van der Waals surface area contributed by atoms with E-state index in [0.29, 0.717) is 5.75 Å². The first-order chi connectivity index (χ1) is 6.19. The van der Waals surface area contributed by atoms with Crippen LogP contribution in [-0.4, -0.2) is 18.8 Å². The van der Waals surface area contributed by atoms with Crippen LogP contribution in [0.2, 0.25) is 0 Å². The Morgan fingerprint density at radius 1 is 1.54 bits per heavy atom. The van der Waals surface area contributed by atoms with Gasteiger partial charge in [-0.3, -0.25) is 0 Å². The van der Waals surface area contributed by atoms with E-state index < -0.39 is 6.10 Å². The average Bonchev–Trinajstić information content (AvgIpc) is 2.16. The van der Waals surface area contributed by atoms with Gasteiger partial charge in [0.15, 0.2) is 0 Å². The molecule has 0 aliphatic carbocycles. The lowest BCUT2D eigenvalue weighted by Crippen LogP contribution is -2.12. The summed E-state index contributed by atoms with van der Waals surface area (Å²) in [6.45, 7) is 2.18. The molecule has 13 heavy (non-hydrogen) atoms. The Hall–Kier alpha value is -1.06. The van der Waals surface area contributed by atoms with Gasteiger partial charge in [-0.2, -0.15) is 0 Å². The molecule has 1 aromatic carbocycles. The minimum absolute atomic E-state index is 0.208. The fourth-order valence-electron chi connectivity index (χ4n) is 1.22.